The summed E-state index contributed by atoms with van der Waals surface area (Å²) in [5.41, 5.74) is -0.614. The molecule has 2 rings (SSSR count). The summed E-state index contributed by atoms with van der Waals surface area (Å²) in [6, 6.07) is 4.43. The molecule has 0 atom stereocenters. The van der Waals surface area contributed by atoms with Gasteiger partial charge in [-0.1, -0.05) is 19.9 Å². The fraction of sp³-hybridized carbons (Fsp3) is 0.353. The van der Waals surface area contributed by atoms with Crippen LogP contribution in [0.15, 0.2) is 36.7 Å². The van der Waals surface area contributed by atoms with Crippen LogP contribution in [0.3, 0.4) is 0 Å². The molecule has 5 nitrogen and oxygen atoms in total. The van der Waals surface area contributed by atoms with Gasteiger partial charge in [0.1, 0.15) is 0 Å². The molecule has 1 amide bonds. The zero-order chi connectivity index (χ0) is 18.4. The van der Waals surface area contributed by atoms with Crippen LogP contribution in [0.2, 0.25) is 0 Å². The third-order valence-electron chi connectivity index (χ3n) is 3.37. The number of nitrogens with zero attached hydrogens (tertiary/aromatic N) is 2. The number of carbonyl (C=O) groups is 1. The van der Waals surface area contributed by atoms with E-state index in [1.54, 1.807) is 0 Å². The molecule has 0 aliphatic heterocycles. The first-order valence-corrected chi connectivity index (χ1v) is 7.80. The molecule has 2 aromatic rings. The third kappa shape index (κ3) is 5.74. The van der Waals surface area contributed by atoms with Crippen molar-refractivity contribution in [1.82, 2.24) is 9.97 Å². The summed E-state index contributed by atoms with van der Waals surface area (Å²) in [4.78, 5) is 20.2. The normalized spacial score (nSPS) is 11.4. The molecular weight excluding hydrogens is 333 g/mol. The predicted octanol–water partition coefficient (Wildman–Crippen LogP) is 4.21. The Morgan fingerprint density at radius 2 is 1.88 bits per heavy atom. The van der Waals surface area contributed by atoms with Crippen LogP contribution in [0, 0.1) is 5.92 Å². The lowest BCUT2D eigenvalue weighted by atomic mass is 10.1. The van der Waals surface area contributed by atoms with E-state index >= 15 is 0 Å². The van der Waals surface area contributed by atoms with E-state index in [1.807, 2.05) is 0 Å². The Hall–Kier alpha value is -2.64. The topological polar surface area (TPSA) is 66.9 Å². The van der Waals surface area contributed by atoms with Gasteiger partial charge >= 0.3 is 6.18 Å². The molecule has 0 bridgehead atoms. The Morgan fingerprint density at radius 3 is 2.48 bits per heavy atom. The minimum atomic E-state index is -4.47. The van der Waals surface area contributed by atoms with Crippen LogP contribution in [0.25, 0.3) is 0 Å². The number of hydrogen-bond acceptors (Lipinski definition) is 4. The van der Waals surface area contributed by atoms with Crippen molar-refractivity contribution in [3.63, 3.8) is 0 Å². The molecule has 0 unspecified atom stereocenters. The van der Waals surface area contributed by atoms with E-state index in [0.717, 1.165) is 18.6 Å². The van der Waals surface area contributed by atoms with Crippen molar-refractivity contribution in [3.8, 4) is 0 Å². The molecule has 0 saturated carbocycles. The van der Waals surface area contributed by atoms with Crippen molar-refractivity contribution >= 4 is 17.5 Å². The second-order valence-electron chi connectivity index (χ2n) is 5.94. The van der Waals surface area contributed by atoms with E-state index in [1.165, 1.54) is 24.5 Å². The SMILES string of the molecule is CC(C)CCNc1ncc(C(=O)Nc2cccc(C(F)(F)F)c2)cn1. The molecule has 0 aliphatic rings. The lowest BCUT2D eigenvalue weighted by Gasteiger charge is -2.10. The molecule has 2 N–H and O–H groups in total. The zero-order valence-corrected chi connectivity index (χ0v) is 13.9. The van der Waals surface area contributed by atoms with Crippen molar-refractivity contribution < 1.29 is 18.0 Å². The van der Waals surface area contributed by atoms with Crippen LogP contribution in [0.1, 0.15) is 36.2 Å². The summed E-state index contributed by atoms with van der Waals surface area (Å²) in [5.74, 6) is 0.370. The number of benzene rings is 1. The average molecular weight is 352 g/mol. The van der Waals surface area contributed by atoms with Gasteiger partial charge in [-0.15, -0.1) is 0 Å². The molecule has 8 heteroatoms. The molecule has 0 spiro atoms. The van der Waals surface area contributed by atoms with Crippen molar-refractivity contribution in [1.29, 1.82) is 0 Å². The van der Waals surface area contributed by atoms with Crippen LogP contribution in [0.5, 0.6) is 0 Å². The van der Waals surface area contributed by atoms with E-state index < -0.39 is 17.6 Å². The fourth-order valence-electron chi connectivity index (χ4n) is 1.99. The van der Waals surface area contributed by atoms with Gasteiger partial charge in [-0.2, -0.15) is 13.2 Å². The molecule has 1 heterocycles. The first-order valence-electron chi connectivity index (χ1n) is 7.80. The maximum atomic E-state index is 12.7. The molecule has 0 saturated heterocycles. The number of amides is 1. The second kappa shape index (κ2) is 7.96. The minimum Gasteiger partial charge on any atom is -0.354 e. The van der Waals surface area contributed by atoms with E-state index in [-0.39, 0.29) is 11.3 Å². The summed E-state index contributed by atoms with van der Waals surface area (Å²) >= 11 is 0. The van der Waals surface area contributed by atoms with Gasteiger partial charge in [0, 0.05) is 24.6 Å². The highest BCUT2D eigenvalue weighted by Gasteiger charge is 2.30. The Labute approximate surface area is 143 Å². The van der Waals surface area contributed by atoms with Gasteiger partial charge in [-0.05, 0) is 30.5 Å². The Balaban J connectivity index is 1.99. The summed E-state index contributed by atoms with van der Waals surface area (Å²) < 4.78 is 38.1. The zero-order valence-electron chi connectivity index (χ0n) is 13.9. The van der Waals surface area contributed by atoms with Crippen LogP contribution < -0.4 is 10.6 Å². The number of alkyl halides is 3. The standard InChI is InChI=1S/C17H19F3N4O/c1-11(2)6-7-21-16-22-9-12(10-23-16)15(25)24-14-5-3-4-13(8-14)17(18,19)20/h3-5,8-11H,6-7H2,1-2H3,(H,24,25)(H,21,22,23). The summed E-state index contributed by atoms with van der Waals surface area (Å²) in [6.07, 6.45) is -0.852. The largest absolute Gasteiger partial charge is 0.416 e. The lowest BCUT2D eigenvalue weighted by Crippen LogP contribution is -2.14. The smallest absolute Gasteiger partial charge is 0.354 e. The van der Waals surface area contributed by atoms with Crippen molar-refractivity contribution in [3.05, 3.63) is 47.8 Å². The van der Waals surface area contributed by atoms with Gasteiger partial charge in [0.15, 0.2) is 0 Å². The molecule has 0 aliphatic carbocycles. The lowest BCUT2D eigenvalue weighted by molar-refractivity contribution is -0.137. The Bertz CT molecular complexity index is 715. The fourth-order valence-corrected chi connectivity index (χ4v) is 1.99. The quantitative estimate of drug-likeness (QED) is 0.817. The number of aromatic nitrogens is 2. The number of carbonyl (C=O) groups excluding carboxylic acids is 1. The van der Waals surface area contributed by atoms with Gasteiger partial charge in [-0.3, -0.25) is 4.79 Å². The summed E-state index contributed by atoms with van der Waals surface area (Å²) in [6.45, 7) is 4.92. The third-order valence-corrected chi connectivity index (χ3v) is 3.37. The van der Waals surface area contributed by atoms with Gasteiger partial charge in [0.2, 0.25) is 5.95 Å². The second-order valence-corrected chi connectivity index (χ2v) is 5.94. The first-order chi connectivity index (χ1) is 11.8. The number of halogens is 3. The summed E-state index contributed by atoms with van der Waals surface area (Å²) in [5, 5.41) is 5.45. The van der Waals surface area contributed by atoms with Crippen LogP contribution in [-0.2, 0) is 6.18 Å². The number of nitrogens with one attached hydrogen (secondary N) is 2. The maximum Gasteiger partial charge on any atom is 0.416 e. The monoisotopic (exact) mass is 352 g/mol. The first kappa shape index (κ1) is 18.7. The van der Waals surface area contributed by atoms with E-state index in [2.05, 4.69) is 34.4 Å². The van der Waals surface area contributed by atoms with Gasteiger partial charge < -0.3 is 10.6 Å². The predicted molar refractivity (Wildman–Crippen MR) is 89.4 cm³/mol. The van der Waals surface area contributed by atoms with E-state index in [0.29, 0.717) is 18.4 Å². The van der Waals surface area contributed by atoms with Gasteiger partial charge in [-0.25, -0.2) is 9.97 Å². The molecular formula is C17H19F3N4O. The van der Waals surface area contributed by atoms with Crippen LogP contribution in [-0.4, -0.2) is 22.4 Å². The van der Waals surface area contributed by atoms with Crippen molar-refractivity contribution in [2.45, 2.75) is 26.4 Å². The maximum absolute atomic E-state index is 12.7. The highest BCUT2D eigenvalue weighted by Crippen LogP contribution is 2.30. The summed E-state index contributed by atoms with van der Waals surface area (Å²) in [7, 11) is 0. The molecule has 134 valence electrons. The van der Waals surface area contributed by atoms with Crippen molar-refractivity contribution in [2.24, 2.45) is 5.92 Å². The van der Waals surface area contributed by atoms with Crippen molar-refractivity contribution in [2.75, 3.05) is 17.2 Å². The highest BCUT2D eigenvalue weighted by atomic mass is 19.4. The highest BCUT2D eigenvalue weighted by molar-refractivity contribution is 6.03. The molecule has 1 aromatic heterocycles. The molecule has 1 aromatic carbocycles. The van der Waals surface area contributed by atoms with E-state index in [4.69, 9.17) is 0 Å². The number of anilines is 2. The van der Waals surface area contributed by atoms with Crippen LogP contribution >= 0.6 is 0 Å². The Kier molecular flexibility index (Phi) is 5.95. The molecule has 25 heavy (non-hydrogen) atoms. The van der Waals surface area contributed by atoms with Gasteiger partial charge in [0.25, 0.3) is 5.91 Å². The molecule has 0 radical (unpaired) electrons. The Morgan fingerprint density at radius 1 is 1.20 bits per heavy atom. The van der Waals surface area contributed by atoms with Gasteiger partial charge in [0.05, 0.1) is 11.1 Å². The number of hydrogen-bond donors (Lipinski definition) is 2. The molecule has 0 fully saturated rings. The number of rotatable bonds is 6. The van der Waals surface area contributed by atoms with Crippen LogP contribution in [0.4, 0.5) is 24.8 Å². The minimum absolute atomic E-state index is 0.0546. The average Bonchev–Trinajstić information content (AvgIpc) is 2.54. The van der Waals surface area contributed by atoms with E-state index in [9.17, 15) is 18.0 Å².